The molecule has 8 nitrogen and oxygen atoms in total. The first-order chi connectivity index (χ1) is 17.6. The van der Waals surface area contributed by atoms with Crippen LogP contribution in [0.4, 0.5) is 4.39 Å². The van der Waals surface area contributed by atoms with E-state index in [1.165, 1.54) is 17.1 Å². The van der Waals surface area contributed by atoms with Gasteiger partial charge in [-0.15, -0.1) is 0 Å². The Labute approximate surface area is 210 Å². The predicted molar refractivity (Wildman–Crippen MR) is 132 cm³/mol. The van der Waals surface area contributed by atoms with E-state index in [9.17, 15) is 14.0 Å². The lowest BCUT2D eigenvalue weighted by Crippen LogP contribution is -2.47. The molecule has 1 saturated carbocycles. The Morgan fingerprint density at radius 3 is 2.53 bits per heavy atom. The summed E-state index contributed by atoms with van der Waals surface area (Å²) in [7, 11) is 0. The van der Waals surface area contributed by atoms with E-state index >= 15 is 0 Å². The summed E-state index contributed by atoms with van der Waals surface area (Å²) in [5.74, 6) is 0.105. The SMILES string of the molecule is O=C(C1CCCC1)N(CCN1CCOCC1)CC(=O)N1N=C(c2ccc(F)cc2)C[C@@H]1c1ccco1. The summed E-state index contributed by atoms with van der Waals surface area (Å²) in [4.78, 5) is 31.1. The molecule has 36 heavy (non-hydrogen) atoms. The van der Waals surface area contributed by atoms with Crippen molar-refractivity contribution in [3.63, 3.8) is 0 Å². The van der Waals surface area contributed by atoms with Gasteiger partial charge >= 0.3 is 0 Å². The number of morpholine rings is 1. The standard InChI is InChI=1S/C27H33FN4O4/c28-22-9-7-20(8-10-22)23-18-24(25-6-3-15-36-25)32(29-23)26(33)19-31(27(34)21-4-1-2-5-21)12-11-30-13-16-35-17-14-30/h3,6-10,15,21,24H,1-2,4-5,11-14,16-19H2/t24-/m1/s1. The van der Waals surface area contributed by atoms with Crippen molar-refractivity contribution in [2.45, 2.75) is 38.1 Å². The molecule has 2 amide bonds. The number of hydrazone groups is 1. The molecular weight excluding hydrogens is 463 g/mol. The minimum Gasteiger partial charge on any atom is -0.467 e. The fraction of sp³-hybridized carbons (Fsp3) is 0.519. The molecular formula is C27H33FN4O4. The van der Waals surface area contributed by atoms with E-state index in [4.69, 9.17) is 9.15 Å². The van der Waals surface area contributed by atoms with Gasteiger partial charge in [0.25, 0.3) is 5.91 Å². The number of benzene rings is 1. The summed E-state index contributed by atoms with van der Waals surface area (Å²) >= 11 is 0. The Kier molecular flexibility index (Phi) is 7.77. The fourth-order valence-corrected chi connectivity index (χ4v) is 5.28. The highest BCUT2D eigenvalue weighted by Gasteiger charge is 2.37. The van der Waals surface area contributed by atoms with Gasteiger partial charge in [0.1, 0.15) is 24.2 Å². The molecule has 1 aromatic heterocycles. The third-order valence-electron chi connectivity index (χ3n) is 7.35. The second-order valence-corrected chi connectivity index (χ2v) is 9.72. The quantitative estimate of drug-likeness (QED) is 0.560. The molecule has 0 N–H and O–H groups in total. The van der Waals surface area contributed by atoms with E-state index < -0.39 is 6.04 Å². The first kappa shape index (κ1) is 24.6. The van der Waals surface area contributed by atoms with E-state index in [0.29, 0.717) is 44.2 Å². The molecule has 0 bridgehead atoms. The number of rotatable bonds is 8. The van der Waals surface area contributed by atoms with Crippen LogP contribution in [0.1, 0.15) is 49.5 Å². The van der Waals surface area contributed by atoms with Gasteiger partial charge in [-0.2, -0.15) is 5.10 Å². The molecule has 5 rings (SSSR count). The Hall–Kier alpha value is -3.04. The summed E-state index contributed by atoms with van der Waals surface area (Å²) < 4.78 is 24.5. The van der Waals surface area contributed by atoms with Crippen LogP contribution in [-0.4, -0.2) is 78.3 Å². The smallest absolute Gasteiger partial charge is 0.262 e. The van der Waals surface area contributed by atoms with Gasteiger partial charge in [-0.05, 0) is 42.7 Å². The highest BCUT2D eigenvalue weighted by atomic mass is 19.1. The molecule has 2 aliphatic heterocycles. The molecule has 2 fully saturated rings. The summed E-state index contributed by atoms with van der Waals surface area (Å²) in [5, 5.41) is 6.08. The summed E-state index contributed by atoms with van der Waals surface area (Å²) in [5.41, 5.74) is 1.45. The van der Waals surface area contributed by atoms with E-state index in [-0.39, 0.29) is 30.1 Å². The van der Waals surface area contributed by atoms with Crippen LogP contribution in [0.2, 0.25) is 0 Å². The highest BCUT2D eigenvalue weighted by Crippen LogP contribution is 2.33. The van der Waals surface area contributed by atoms with Crippen molar-refractivity contribution < 1.29 is 23.1 Å². The summed E-state index contributed by atoms with van der Waals surface area (Å²) in [6.45, 7) is 4.21. The van der Waals surface area contributed by atoms with Gasteiger partial charge < -0.3 is 14.1 Å². The highest BCUT2D eigenvalue weighted by molar-refractivity contribution is 6.03. The van der Waals surface area contributed by atoms with E-state index in [1.54, 1.807) is 29.4 Å². The minimum absolute atomic E-state index is 0.0137. The van der Waals surface area contributed by atoms with Crippen molar-refractivity contribution in [3.8, 4) is 0 Å². The maximum atomic E-state index is 13.7. The average molecular weight is 497 g/mol. The van der Waals surface area contributed by atoms with Crippen molar-refractivity contribution in [1.29, 1.82) is 0 Å². The number of amides is 2. The zero-order valence-corrected chi connectivity index (χ0v) is 20.5. The molecule has 9 heteroatoms. The van der Waals surface area contributed by atoms with Crippen molar-refractivity contribution in [3.05, 3.63) is 59.8 Å². The predicted octanol–water partition coefficient (Wildman–Crippen LogP) is 3.45. The maximum absolute atomic E-state index is 13.7. The number of carbonyl (C=O) groups excluding carboxylic acids is 2. The maximum Gasteiger partial charge on any atom is 0.262 e. The van der Waals surface area contributed by atoms with Gasteiger partial charge in [-0.3, -0.25) is 14.5 Å². The number of halogens is 1. The Morgan fingerprint density at radius 2 is 1.83 bits per heavy atom. The first-order valence-corrected chi connectivity index (χ1v) is 12.9. The number of furan rings is 1. The number of hydrogen-bond donors (Lipinski definition) is 0. The van der Waals surface area contributed by atoms with Crippen LogP contribution in [0.5, 0.6) is 0 Å². The van der Waals surface area contributed by atoms with Gasteiger partial charge in [0, 0.05) is 38.5 Å². The van der Waals surface area contributed by atoms with Crippen molar-refractivity contribution in [2.75, 3.05) is 45.9 Å². The normalized spacial score (nSPS) is 21.1. The molecule has 192 valence electrons. The molecule has 0 radical (unpaired) electrons. The summed E-state index contributed by atoms with van der Waals surface area (Å²) in [6, 6.07) is 9.31. The van der Waals surface area contributed by atoms with Gasteiger partial charge in [0.2, 0.25) is 5.91 Å². The Balaban J connectivity index is 1.34. The van der Waals surface area contributed by atoms with Gasteiger partial charge in [0.05, 0.1) is 25.2 Å². The Bertz CT molecular complexity index is 1060. The van der Waals surface area contributed by atoms with E-state index in [2.05, 4.69) is 10.0 Å². The molecule has 1 aliphatic carbocycles. The number of carbonyl (C=O) groups is 2. The van der Waals surface area contributed by atoms with Crippen LogP contribution >= 0.6 is 0 Å². The molecule has 1 aromatic carbocycles. The fourth-order valence-electron chi connectivity index (χ4n) is 5.28. The number of ether oxygens (including phenoxy) is 1. The lowest BCUT2D eigenvalue weighted by Gasteiger charge is -2.32. The number of hydrogen-bond acceptors (Lipinski definition) is 6. The third kappa shape index (κ3) is 5.68. The van der Waals surface area contributed by atoms with Crippen molar-refractivity contribution in [1.82, 2.24) is 14.8 Å². The van der Waals surface area contributed by atoms with Crippen LogP contribution in [0.3, 0.4) is 0 Å². The van der Waals surface area contributed by atoms with Crippen LogP contribution in [0.15, 0.2) is 52.2 Å². The molecule has 0 unspecified atom stereocenters. The Morgan fingerprint density at radius 1 is 1.08 bits per heavy atom. The third-order valence-corrected chi connectivity index (χ3v) is 7.35. The molecule has 1 atom stereocenters. The molecule has 3 heterocycles. The number of nitrogens with zero attached hydrogens (tertiary/aromatic N) is 4. The largest absolute Gasteiger partial charge is 0.467 e. The van der Waals surface area contributed by atoms with Crippen molar-refractivity contribution >= 4 is 17.5 Å². The zero-order valence-electron chi connectivity index (χ0n) is 20.5. The van der Waals surface area contributed by atoms with Crippen LogP contribution < -0.4 is 0 Å². The van der Waals surface area contributed by atoms with Crippen LogP contribution in [0.25, 0.3) is 0 Å². The molecule has 2 aromatic rings. The van der Waals surface area contributed by atoms with E-state index in [0.717, 1.165) is 44.3 Å². The molecule has 1 saturated heterocycles. The first-order valence-electron chi connectivity index (χ1n) is 12.9. The monoisotopic (exact) mass is 496 g/mol. The lowest BCUT2D eigenvalue weighted by molar-refractivity contribution is -0.144. The van der Waals surface area contributed by atoms with Gasteiger partial charge in [-0.1, -0.05) is 25.0 Å². The second kappa shape index (κ2) is 11.3. The zero-order chi connectivity index (χ0) is 24.9. The van der Waals surface area contributed by atoms with Crippen LogP contribution in [-0.2, 0) is 14.3 Å². The minimum atomic E-state index is -0.407. The topological polar surface area (TPSA) is 78.6 Å². The van der Waals surface area contributed by atoms with Crippen molar-refractivity contribution in [2.24, 2.45) is 11.0 Å². The van der Waals surface area contributed by atoms with E-state index in [1.807, 2.05) is 6.07 Å². The molecule has 3 aliphatic rings. The van der Waals surface area contributed by atoms with Crippen LogP contribution in [0, 0.1) is 11.7 Å². The average Bonchev–Trinajstić information content (AvgIpc) is 3.68. The molecule has 0 spiro atoms. The lowest BCUT2D eigenvalue weighted by atomic mass is 10.0. The second-order valence-electron chi connectivity index (χ2n) is 9.72. The van der Waals surface area contributed by atoms with Gasteiger partial charge in [-0.25, -0.2) is 9.40 Å². The van der Waals surface area contributed by atoms with Gasteiger partial charge in [0.15, 0.2) is 0 Å². The summed E-state index contributed by atoms with van der Waals surface area (Å²) in [6.07, 6.45) is 5.90.